The minimum atomic E-state index is -0.362. The molecule has 0 fully saturated rings. The van der Waals surface area contributed by atoms with Crippen LogP contribution in [0, 0.1) is 5.92 Å². The van der Waals surface area contributed by atoms with E-state index in [1.807, 2.05) is 0 Å². The lowest BCUT2D eigenvalue weighted by atomic mass is 10.2. The van der Waals surface area contributed by atoms with Crippen LogP contribution < -0.4 is 5.73 Å². The molecule has 0 spiro atoms. The Hall–Kier alpha value is 0.354. The molecule has 0 aliphatic rings. The van der Waals surface area contributed by atoms with E-state index in [9.17, 15) is 0 Å². The summed E-state index contributed by atoms with van der Waals surface area (Å²) in [6, 6.07) is 0. The van der Waals surface area contributed by atoms with Crippen molar-refractivity contribution >= 4 is 20.2 Å². The SMILES string of the molecule is CC(C)C(N)[SiH2]O[SiH3]. The molecule has 0 aromatic carbocycles. The standard InChI is InChI=1S/C4H15NOSi2/c1-3(2)4(5)8-6-7/h3-4H,5,8H2,1-2,7H3. The molecule has 1 atom stereocenters. The fourth-order valence-electron chi connectivity index (χ4n) is 0.385. The second-order valence-corrected chi connectivity index (χ2v) is 5.95. The van der Waals surface area contributed by atoms with Gasteiger partial charge in [0, 0.05) is 5.67 Å². The van der Waals surface area contributed by atoms with Gasteiger partial charge in [0.25, 0.3) is 0 Å². The summed E-state index contributed by atoms with van der Waals surface area (Å²) in [5.74, 6) is 0.607. The van der Waals surface area contributed by atoms with Gasteiger partial charge in [-0.2, -0.15) is 0 Å². The highest BCUT2D eigenvalue weighted by Crippen LogP contribution is 1.94. The first-order chi connectivity index (χ1) is 3.68. The maximum Gasteiger partial charge on any atom is 0.162 e. The van der Waals surface area contributed by atoms with E-state index < -0.39 is 0 Å². The zero-order valence-corrected chi connectivity index (χ0v) is 9.26. The number of nitrogens with two attached hydrogens (primary N) is 1. The van der Waals surface area contributed by atoms with Crippen molar-refractivity contribution in [2.75, 3.05) is 0 Å². The quantitative estimate of drug-likeness (QED) is 0.486. The van der Waals surface area contributed by atoms with Gasteiger partial charge in [0.15, 0.2) is 9.76 Å². The van der Waals surface area contributed by atoms with Gasteiger partial charge in [-0.3, -0.25) is 0 Å². The first-order valence-corrected chi connectivity index (χ1v) is 5.14. The van der Waals surface area contributed by atoms with Gasteiger partial charge in [0.1, 0.15) is 10.5 Å². The van der Waals surface area contributed by atoms with Crippen LogP contribution in [0.1, 0.15) is 13.8 Å². The molecule has 0 rings (SSSR count). The molecule has 0 aliphatic carbocycles. The highest BCUT2D eigenvalue weighted by atomic mass is 28.3. The molecule has 0 saturated heterocycles. The topological polar surface area (TPSA) is 35.2 Å². The summed E-state index contributed by atoms with van der Waals surface area (Å²) >= 11 is 0. The molecule has 0 aromatic rings. The van der Waals surface area contributed by atoms with Crippen molar-refractivity contribution in [1.29, 1.82) is 0 Å². The molecule has 8 heavy (non-hydrogen) atoms. The van der Waals surface area contributed by atoms with Crippen LogP contribution in [0.25, 0.3) is 0 Å². The summed E-state index contributed by atoms with van der Waals surface area (Å²) < 4.78 is 5.12. The minimum Gasteiger partial charge on any atom is -0.467 e. The second-order valence-electron chi connectivity index (χ2n) is 2.36. The predicted octanol–water partition coefficient (Wildman–Crippen LogP) is -1.69. The van der Waals surface area contributed by atoms with Gasteiger partial charge in [-0.15, -0.1) is 0 Å². The second kappa shape index (κ2) is 4.25. The molecule has 4 heteroatoms. The Balaban J connectivity index is 3.17. The lowest BCUT2D eigenvalue weighted by molar-refractivity contribution is 0.550. The van der Waals surface area contributed by atoms with Crippen molar-refractivity contribution < 1.29 is 4.12 Å². The van der Waals surface area contributed by atoms with E-state index in [1.165, 1.54) is 0 Å². The summed E-state index contributed by atoms with van der Waals surface area (Å²) in [5, 5.41) is 0. The van der Waals surface area contributed by atoms with Crippen LogP contribution in [-0.4, -0.2) is 25.9 Å². The molecule has 1 unspecified atom stereocenters. The van der Waals surface area contributed by atoms with E-state index in [4.69, 9.17) is 9.85 Å². The fourth-order valence-corrected chi connectivity index (χ4v) is 2.31. The Morgan fingerprint density at radius 3 is 2.25 bits per heavy atom. The summed E-state index contributed by atoms with van der Waals surface area (Å²) in [5.41, 5.74) is 6.05. The molecule has 0 amide bonds. The Labute approximate surface area is 56.3 Å². The molecule has 0 saturated carbocycles. The van der Waals surface area contributed by atoms with E-state index in [0.29, 0.717) is 11.6 Å². The van der Waals surface area contributed by atoms with Crippen LogP contribution in [0.3, 0.4) is 0 Å². The van der Waals surface area contributed by atoms with Gasteiger partial charge >= 0.3 is 0 Å². The van der Waals surface area contributed by atoms with E-state index in [2.05, 4.69) is 13.8 Å². The maximum absolute atomic E-state index is 5.69. The van der Waals surface area contributed by atoms with E-state index in [1.54, 1.807) is 0 Å². The van der Waals surface area contributed by atoms with Gasteiger partial charge in [-0.05, 0) is 5.92 Å². The minimum absolute atomic E-state index is 0.362. The molecule has 0 heterocycles. The van der Waals surface area contributed by atoms with Crippen LogP contribution >= 0.6 is 0 Å². The van der Waals surface area contributed by atoms with E-state index in [-0.39, 0.29) is 9.76 Å². The molecule has 50 valence electrons. The van der Waals surface area contributed by atoms with Crippen LogP contribution in [0.15, 0.2) is 0 Å². The highest BCUT2D eigenvalue weighted by Gasteiger charge is 2.05. The third kappa shape index (κ3) is 3.37. The van der Waals surface area contributed by atoms with Gasteiger partial charge in [-0.1, -0.05) is 13.8 Å². The zero-order valence-electron chi connectivity index (χ0n) is 5.85. The zero-order chi connectivity index (χ0) is 6.57. The van der Waals surface area contributed by atoms with Gasteiger partial charge in [0.05, 0.1) is 0 Å². The summed E-state index contributed by atoms with van der Waals surface area (Å²) in [6.45, 7) is 4.27. The van der Waals surface area contributed by atoms with Crippen molar-refractivity contribution in [3.63, 3.8) is 0 Å². The molecule has 0 aromatic heterocycles. The van der Waals surface area contributed by atoms with Crippen LogP contribution in [0.2, 0.25) is 0 Å². The molecule has 0 aliphatic heterocycles. The monoisotopic (exact) mass is 149 g/mol. The molecule has 2 N–H and O–H groups in total. The van der Waals surface area contributed by atoms with Crippen LogP contribution in [-0.2, 0) is 4.12 Å². The predicted molar refractivity (Wildman–Crippen MR) is 42.4 cm³/mol. The Kier molecular flexibility index (Phi) is 4.44. The van der Waals surface area contributed by atoms with Crippen molar-refractivity contribution in [3.8, 4) is 0 Å². The average Bonchev–Trinajstić information content (AvgIpc) is 1.67. The normalized spacial score (nSPS) is 16.5. The third-order valence-electron chi connectivity index (χ3n) is 1.22. The Morgan fingerprint density at radius 1 is 1.62 bits per heavy atom. The molecule has 2 nitrogen and oxygen atoms in total. The Morgan fingerprint density at radius 2 is 2.12 bits per heavy atom. The summed E-state index contributed by atoms with van der Waals surface area (Å²) in [4.78, 5) is 0. The fraction of sp³-hybridized carbons (Fsp3) is 1.00. The largest absolute Gasteiger partial charge is 0.467 e. The molecular formula is C4H15NOSi2. The van der Waals surface area contributed by atoms with Gasteiger partial charge < -0.3 is 9.85 Å². The van der Waals surface area contributed by atoms with E-state index in [0.717, 1.165) is 10.5 Å². The number of hydrogen-bond acceptors (Lipinski definition) is 2. The first kappa shape index (κ1) is 8.35. The lowest BCUT2D eigenvalue weighted by Gasteiger charge is -2.12. The smallest absolute Gasteiger partial charge is 0.162 e. The van der Waals surface area contributed by atoms with Crippen molar-refractivity contribution in [2.24, 2.45) is 11.7 Å². The average molecular weight is 149 g/mol. The van der Waals surface area contributed by atoms with Crippen molar-refractivity contribution in [3.05, 3.63) is 0 Å². The molecular weight excluding hydrogens is 134 g/mol. The third-order valence-corrected chi connectivity index (χ3v) is 3.88. The van der Waals surface area contributed by atoms with E-state index >= 15 is 0 Å². The number of hydrogen-bond donors (Lipinski definition) is 1. The van der Waals surface area contributed by atoms with Gasteiger partial charge in [0.2, 0.25) is 0 Å². The maximum atomic E-state index is 5.69. The Bertz CT molecular complexity index is 60.0. The van der Waals surface area contributed by atoms with Crippen molar-refractivity contribution in [2.45, 2.75) is 19.5 Å². The van der Waals surface area contributed by atoms with Gasteiger partial charge in [-0.25, -0.2) is 0 Å². The highest BCUT2D eigenvalue weighted by molar-refractivity contribution is 6.36. The van der Waals surface area contributed by atoms with Crippen LogP contribution in [0.5, 0.6) is 0 Å². The molecule has 0 bridgehead atoms. The van der Waals surface area contributed by atoms with Crippen LogP contribution in [0.4, 0.5) is 0 Å². The summed E-state index contributed by atoms with van der Waals surface area (Å²) in [7, 11) is 0.503. The van der Waals surface area contributed by atoms with Crippen molar-refractivity contribution in [1.82, 2.24) is 0 Å². The number of rotatable bonds is 3. The first-order valence-electron chi connectivity index (χ1n) is 2.93. The molecule has 0 radical (unpaired) electrons. The summed E-state index contributed by atoms with van der Waals surface area (Å²) in [6.07, 6.45) is 0. The lowest BCUT2D eigenvalue weighted by Crippen LogP contribution is -2.34.